The quantitative estimate of drug-likeness (QED) is 0.227. The maximum atomic E-state index is 6.63. The van der Waals surface area contributed by atoms with E-state index in [1.165, 1.54) is 71.1 Å². The number of rotatable bonds is 0. The number of fused-ring (bicyclic) bond motifs is 14. The molecule has 2 heteroatoms. The molecule has 0 saturated carbocycles. The Kier molecular flexibility index (Phi) is 2.93. The van der Waals surface area contributed by atoms with E-state index in [0.29, 0.717) is 0 Å². The average molecular weight is 448 g/mol. The summed E-state index contributed by atoms with van der Waals surface area (Å²) in [4.78, 5) is 0. The van der Waals surface area contributed by atoms with Gasteiger partial charge in [-0.1, -0.05) is 74.5 Å². The zero-order valence-electron chi connectivity index (χ0n) is 19.5. The number of hydrogen-bond acceptors (Lipinski definition) is 1. The highest BCUT2D eigenvalue weighted by atomic mass is 16.3. The van der Waals surface area contributed by atoms with Crippen LogP contribution in [0, 0.1) is 0 Å². The van der Waals surface area contributed by atoms with Gasteiger partial charge in [-0.05, 0) is 52.6 Å². The molecule has 2 nitrogen and oxygen atoms in total. The molecule has 0 bridgehead atoms. The number of hydrogen-bond donors (Lipinski definition) is 0. The number of benzene rings is 5. The van der Waals surface area contributed by atoms with Gasteiger partial charge >= 0.3 is 0 Å². The Morgan fingerprint density at radius 3 is 2.31 bits per heavy atom. The van der Waals surface area contributed by atoms with Gasteiger partial charge in [0.05, 0.1) is 21.9 Å². The first kappa shape index (κ1) is 18.1. The second-order valence-electron chi connectivity index (χ2n) is 10.5. The van der Waals surface area contributed by atoms with Crippen molar-refractivity contribution in [3.05, 3.63) is 102 Å². The molecule has 1 aliphatic rings. The smallest absolute Gasteiger partial charge is 0.145 e. The van der Waals surface area contributed by atoms with Crippen molar-refractivity contribution >= 4 is 60.0 Å². The van der Waals surface area contributed by atoms with Gasteiger partial charge in [0.2, 0.25) is 0 Å². The second kappa shape index (κ2) is 5.67. The van der Waals surface area contributed by atoms with Gasteiger partial charge in [-0.2, -0.15) is 0 Å². The molecule has 164 valence electrons. The number of aromatic nitrogens is 1. The molecule has 0 amide bonds. The summed E-state index contributed by atoms with van der Waals surface area (Å²) in [6, 6.07) is 33.2. The van der Waals surface area contributed by atoms with Crippen molar-refractivity contribution in [2.45, 2.75) is 19.3 Å². The molecule has 35 heavy (non-hydrogen) atoms. The lowest BCUT2D eigenvalue weighted by Crippen LogP contribution is -2.14. The third-order valence-electron chi connectivity index (χ3n) is 8.52. The summed E-state index contributed by atoms with van der Waals surface area (Å²) in [5.41, 5.74) is 11.2. The van der Waals surface area contributed by atoms with Crippen LogP contribution in [0.3, 0.4) is 0 Å². The molecule has 0 N–H and O–H groups in total. The van der Waals surface area contributed by atoms with Crippen LogP contribution in [-0.2, 0) is 5.41 Å². The Balaban J connectivity index is 1.67. The van der Waals surface area contributed by atoms with Crippen molar-refractivity contribution in [1.82, 2.24) is 4.40 Å². The molecular weight excluding hydrogens is 426 g/mol. The van der Waals surface area contributed by atoms with Gasteiger partial charge in [0.25, 0.3) is 0 Å². The Morgan fingerprint density at radius 2 is 1.40 bits per heavy atom. The molecule has 0 aliphatic heterocycles. The summed E-state index contributed by atoms with van der Waals surface area (Å²) in [7, 11) is 0. The highest BCUT2D eigenvalue weighted by Gasteiger charge is 2.38. The van der Waals surface area contributed by atoms with Crippen LogP contribution in [0.5, 0.6) is 0 Å². The normalized spacial score (nSPS) is 14.8. The predicted molar refractivity (Wildman–Crippen MR) is 146 cm³/mol. The van der Waals surface area contributed by atoms with E-state index in [1.54, 1.807) is 0 Å². The van der Waals surface area contributed by atoms with Crippen molar-refractivity contribution < 1.29 is 4.42 Å². The van der Waals surface area contributed by atoms with Gasteiger partial charge < -0.3 is 8.82 Å². The van der Waals surface area contributed by atoms with Crippen LogP contribution in [0.1, 0.15) is 25.0 Å². The van der Waals surface area contributed by atoms with Crippen LogP contribution in [-0.4, -0.2) is 4.40 Å². The zero-order valence-corrected chi connectivity index (χ0v) is 19.5. The third-order valence-corrected chi connectivity index (χ3v) is 8.52. The summed E-state index contributed by atoms with van der Waals surface area (Å²) in [6.07, 6.45) is 0. The predicted octanol–water partition coefficient (Wildman–Crippen LogP) is 9.04. The van der Waals surface area contributed by atoms with Gasteiger partial charge in [0.1, 0.15) is 11.2 Å². The second-order valence-corrected chi connectivity index (χ2v) is 10.5. The van der Waals surface area contributed by atoms with Crippen molar-refractivity contribution in [1.29, 1.82) is 0 Å². The van der Waals surface area contributed by atoms with Crippen LogP contribution in [0.4, 0.5) is 0 Å². The zero-order chi connectivity index (χ0) is 23.1. The lowest BCUT2D eigenvalue weighted by Gasteiger charge is -2.21. The van der Waals surface area contributed by atoms with E-state index in [1.807, 2.05) is 0 Å². The Labute approximate surface area is 201 Å². The molecule has 0 fully saturated rings. The topological polar surface area (TPSA) is 17.6 Å². The monoisotopic (exact) mass is 447 g/mol. The fourth-order valence-corrected chi connectivity index (χ4v) is 6.99. The van der Waals surface area contributed by atoms with Crippen molar-refractivity contribution in [3.8, 4) is 11.1 Å². The minimum Gasteiger partial charge on any atom is -0.455 e. The maximum absolute atomic E-state index is 6.63. The fourth-order valence-electron chi connectivity index (χ4n) is 6.99. The molecule has 3 aromatic heterocycles. The first-order valence-corrected chi connectivity index (χ1v) is 12.3. The van der Waals surface area contributed by atoms with Crippen LogP contribution in [0.2, 0.25) is 0 Å². The van der Waals surface area contributed by atoms with Crippen LogP contribution >= 0.6 is 0 Å². The highest BCUT2D eigenvalue weighted by Crippen LogP contribution is 2.56. The number of nitrogens with zero attached hydrogens (tertiary/aromatic N) is 1. The van der Waals surface area contributed by atoms with Gasteiger partial charge in [-0.25, -0.2) is 0 Å². The summed E-state index contributed by atoms with van der Waals surface area (Å²) in [5.74, 6) is 0. The molecule has 1 aliphatic carbocycles. The summed E-state index contributed by atoms with van der Waals surface area (Å²) >= 11 is 0. The molecule has 8 aromatic rings. The van der Waals surface area contributed by atoms with Crippen molar-refractivity contribution in [2.75, 3.05) is 0 Å². The first-order valence-electron chi connectivity index (χ1n) is 12.3. The SMILES string of the molecule is CC1(C)c2ccccc2-c2c1cc1c3ccccc3n3c4ccc5c6ccccc6oc5c4c2c13. The lowest BCUT2D eigenvalue weighted by molar-refractivity contribution is 0.661. The van der Waals surface area contributed by atoms with E-state index >= 15 is 0 Å². The van der Waals surface area contributed by atoms with Crippen molar-refractivity contribution in [2.24, 2.45) is 0 Å². The van der Waals surface area contributed by atoms with E-state index in [9.17, 15) is 0 Å². The van der Waals surface area contributed by atoms with E-state index < -0.39 is 0 Å². The van der Waals surface area contributed by atoms with E-state index in [2.05, 4.69) is 109 Å². The van der Waals surface area contributed by atoms with Gasteiger partial charge in [-0.15, -0.1) is 0 Å². The molecule has 0 saturated heterocycles. The molecule has 9 rings (SSSR count). The molecule has 0 radical (unpaired) electrons. The summed E-state index contributed by atoms with van der Waals surface area (Å²) in [6.45, 7) is 4.74. The van der Waals surface area contributed by atoms with E-state index in [0.717, 1.165) is 11.2 Å². The fraction of sp³-hybridized carbons (Fsp3) is 0.0909. The minimum absolute atomic E-state index is 0.0651. The van der Waals surface area contributed by atoms with Crippen molar-refractivity contribution in [3.63, 3.8) is 0 Å². The summed E-state index contributed by atoms with van der Waals surface area (Å²) < 4.78 is 9.09. The average Bonchev–Trinajstić information content (AvgIpc) is 3.58. The number of furan rings is 1. The molecule has 5 aromatic carbocycles. The van der Waals surface area contributed by atoms with E-state index in [-0.39, 0.29) is 5.41 Å². The Bertz CT molecular complexity index is 2190. The Hall–Kier alpha value is -4.30. The van der Waals surface area contributed by atoms with Gasteiger partial charge in [-0.3, -0.25) is 0 Å². The molecule has 0 atom stereocenters. The van der Waals surface area contributed by atoms with Crippen LogP contribution < -0.4 is 0 Å². The molecule has 0 spiro atoms. The van der Waals surface area contributed by atoms with Gasteiger partial charge in [0, 0.05) is 32.3 Å². The van der Waals surface area contributed by atoms with Crippen LogP contribution in [0.15, 0.2) is 95.4 Å². The lowest BCUT2D eigenvalue weighted by atomic mass is 9.81. The van der Waals surface area contributed by atoms with Gasteiger partial charge in [0.15, 0.2) is 0 Å². The standard InChI is InChI=1S/C33H21NO/c1-33(2)23-12-6-3-11-21(23)28-24(33)17-22-18-9-4-7-13-25(18)34-26-16-15-20-19-10-5-8-14-27(19)35-32(20)29(26)30(28)31(22)34/h3-17H,1-2H3. The van der Waals surface area contributed by atoms with E-state index in [4.69, 9.17) is 4.42 Å². The first-order chi connectivity index (χ1) is 17.1. The summed E-state index contributed by atoms with van der Waals surface area (Å²) in [5, 5.41) is 7.56. The Morgan fingerprint density at radius 1 is 0.629 bits per heavy atom. The minimum atomic E-state index is -0.0651. The van der Waals surface area contributed by atoms with Crippen LogP contribution in [0.25, 0.3) is 71.2 Å². The third kappa shape index (κ3) is 1.89. The molecule has 0 unspecified atom stereocenters. The molecular formula is C33H21NO. The number of para-hydroxylation sites is 2. The highest BCUT2D eigenvalue weighted by molar-refractivity contribution is 6.33. The maximum Gasteiger partial charge on any atom is 0.145 e. The largest absolute Gasteiger partial charge is 0.455 e. The molecule has 3 heterocycles.